The van der Waals surface area contributed by atoms with E-state index in [-0.39, 0.29) is 11.8 Å². The summed E-state index contributed by atoms with van der Waals surface area (Å²) in [4.78, 5) is 31.2. The van der Waals surface area contributed by atoms with Crippen molar-refractivity contribution in [1.82, 2.24) is 15.0 Å². The summed E-state index contributed by atoms with van der Waals surface area (Å²) >= 11 is 0. The van der Waals surface area contributed by atoms with Crippen LogP contribution in [0.1, 0.15) is 34.7 Å². The number of ether oxygens (including phenoxy) is 1. The van der Waals surface area contributed by atoms with E-state index in [0.717, 1.165) is 30.5 Å². The molecule has 2 heterocycles. The lowest BCUT2D eigenvalue weighted by Gasteiger charge is -2.30. The number of amides is 1. The molecule has 1 aliphatic heterocycles. The third-order valence-corrected chi connectivity index (χ3v) is 5.53. The summed E-state index contributed by atoms with van der Waals surface area (Å²) in [7, 11) is 1.33. The summed E-state index contributed by atoms with van der Waals surface area (Å²) in [5.74, 6) is 0.441. The van der Waals surface area contributed by atoms with Gasteiger partial charge in [0.25, 0.3) is 0 Å². The molecule has 3 aromatic rings. The normalized spacial score (nSPS) is 16.5. The van der Waals surface area contributed by atoms with Gasteiger partial charge in [-0.1, -0.05) is 35.0 Å². The molecule has 32 heavy (non-hydrogen) atoms. The number of methoxy groups -OCH3 is 1. The number of anilines is 1. The van der Waals surface area contributed by atoms with Crippen LogP contribution in [0, 0.1) is 12.8 Å². The highest BCUT2D eigenvalue weighted by Crippen LogP contribution is 2.22. The number of rotatable bonds is 6. The SMILES string of the molecule is COC(=O)c1cccc(NC(=O)C2CCCN(Cc3nc(-c4cccc(C)c4)no3)C2)c1. The molecule has 166 valence electrons. The lowest BCUT2D eigenvalue weighted by atomic mass is 9.97. The predicted molar refractivity (Wildman–Crippen MR) is 119 cm³/mol. The number of hydrogen-bond donors (Lipinski definition) is 1. The number of esters is 1. The van der Waals surface area contributed by atoms with E-state index in [0.29, 0.717) is 36.1 Å². The molecule has 0 bridgehead atoms. The van der Waals surface area contributed by atoms with E-state index in [1.54, 1.807) is 24.3 Å². The van der Waals surface area contributed by atoms with Crippen LogP contribution >= 0.6 is 0 Å². The molecule has 8 nitrogen and oxygen atoms in total. The second-order valence-corrected chi connectivity index (χ2v) is 8.02. The van der Waals surface area contributed by atoms with Crippen LogP contribution in [0.15, 0.2) is 53.1 Å². The monoisotopic (exact) mass is 434 g/mol. The molecule has 0 spiro atoms. The van der Waals surface area contributed by atoms with Crippen LogP contribution in [0.3, 0.4) is 0 Å². The molecule has 0 saturated carbocycles. The molecule has 1 aromatic heterocycles. The van der Waals surface area contributed by atoms with Crippen molar-refractivity contribution in [2.45, 2.75) is 26.3 Å². The van der Waals surface area contributed by atoms with Crippen molar-refractivity contribution in [3.8, 4) is 11.4 Å². The predicted octanol–water partition coefficient (Wildman–Crippen LogP) is 3.68. The maximum absolute atomic E-state index is 12.8. The fourth-order valence-corrected chi connectivity index (χ4v) is 3.91. The number of hydrogen-bond acceptors (Lipinski definition) is 7. The van der Waals surface area contributed by atoms with E-state index in [2.05, 4.69) is 20.4 Å². The fourth-order valence-electron chi connectivity index (χ4n) is 3.91. The summed E-state index contributed by atoms with van der Waals surface area (Å²) in [6.45, 7) is 3.99. The zero-order valence-corrected chi connectivity index (χ0v) is 18.2. The van der Waals surface area contributed by atoms with Gasteiger partial charge in [0.15, 0.2) is 0 Å². The van der Waals surface area contributed by atoms with Gasteiger partial charge in [-0.05, 0) is 50.6 Å². The van der Waals surface area contributed by atoms with Crippen LogP contribution in [-0.2, 0) is 16.1 Å². The van der Waals surface area contributed by atoms with Crippen LogP contribution in [0.5, 0.6) is 0 Å². The van der Waals surface area contributed by atoms with Crippen LogP contribution in [0.2, 0.25) is 0 Å². The summed E-state index contributed by atoms with van der Waals surface area (Å²) in [6.07, 6.45) is 1.70. The van der Waals surface area contributed by atoms with Crippen molar-refractivity contribution in [3.63, 3.8) is 0 Å². The number of carbonyl (C=O) groups is 2. The molecule has 1 amide bonds. The molecular formula is C24H26N4O4. The van der Waals surface area contributed by atoms with Crippen molar-refractivity contribution in [1.29, 1.82) is 0 Å². The number of carbonyl (C=O) groups excluding carboxylic acids is 2. The lowest BCUT2D eigenvalue weighted by molar-refractivity contribution is -0.121. The van der Waals surface area contributed by atoms with Gasteiger partial charge in [0.1, 0.15) is 0 Å². The molecule has 8 heteroatoms. The Morgan fingerprint density at radius 2 is 2.06 bits per heavy atom. The Morgan fingerprint density at radius 1 is 1.22 bits per heavy atom. The Morgan fingerprint density at radius 3 is 2.88 bits per heavy atom. The van der Waals surface area contributed by atoms with Gasteiger partial charge >= 0.3 is 5.97 Å². The van der Waals surface area contributed by atoms with E-state index < -0.39 is 5.97 Å². The van der Waals surface area contributed by atoms with Gasteiger partial charge in [-0.2, -0.15) is 4.98 Å². The highest BCUT2D eigenvalue weighted by molar-refractivity contribution is 5.95. The molecule has 1 aliphatic rings. The average molecular weight is 434 g/mol. The molecule has 1 atom stereocenters. The van der Waals surface area contributed by atoms with E-state index in [4.69, 9.17) is 9.26 Å². The van der Waals surface area contributed by atoms with Gasteiger partial charge in [0, 0.05) is 17.8 Å². The smallest absolute Gasteiger partial charge is 0.337 e. The molecular weight excluding hydrogens is 408 g/mol. The number of nitrogens with one attached hydrogen (secondary N) is 1. The van der Waals surface area contributed by atoms with Crippen molar-refractivity contribution in [2.75, 3.05) is 25.5 Å². The van der Waals surface area contributed by atoms with Crippen molar-refractivity contribution in [2.24, 2.45) is 5.92 Å². The summed E-state index contributed by atoms with van der Waals surface area (Å²) < 4.78 is 10.2. The van der Waals surface area contributed by atoms with Gasteiger partial charge in [0.2, 0.25) is 17.6 Å². The first-order valence-electron chi connectivity index (χ1n) is 10.6. The summed E-state index contributed by atoms with van der Waals surface area (Å²) in [5.41, 5.74) is 3.03. The van der Waals surface area contributed by atoms with Gasteiger partial charge in [-0.15, -0.1) is 0 Å². The topological polar surface area (TPSA) is 97.6 Å². The molecule has 2 aromatic carbocycles. The first kappa shape index (κ1) is 21.7. The minimum atomic E-state index is -0.436. The Labute approximate surface area is 186 Å². The zero-order chi connectivity index (χ0) is 22.5. The third-order valence-electron chi connectivity index (χ3n) is 5.53. The number of piperidine rings is 1. The fraction of sp³-hybridized carbons (Fsp3) is 0.333. The van der Waals surface area contributed by atoms with Crippen LogP contribution in [0.4, 0.5) is 5.69 Å². The van der Waals surface area contributed by atoms with E-state index in [1.165, 1.54) is 7.11 Å². The molecule has 4 rings (SSSR count). The first-order chi connectivity index (χ1) is 15.5. The number of likely N-dealkylation sites (tertiary alicyclic amines) is 1. The highest BCUT2D eigenvalue weighted by Gasteiger charge is 2.27. The average Bonchev–Trinajstić information content (AvgIpc) is 3.27. The molecule has 0 radical (unpaired) electrons. The van der Waals surface area contributed by atoms with Crippen LogP contribution < -0.4 is 5.32 Å². The molecule has 1 saturated heterocycles. The van der Waals surface area contributed by atoms with Gasteiger partial charge in [-0.3, -0.25) is 9.69 Å². The Kier molecular flexibility index (Phi) is 6.61. The number of aromatic nitrogens is 2. The van der Waals surface area contributed by atoms with Gasteiger partial charge in [0.05, 0.1) is 25.1 Å². The largest absolute Gasteiger partial charge is 0.465 e. The Hall–Kier alpha value is -3.52. The number of nitrogens with zero attached hydrogens (tertiary/aromatic N) is 3. The first-order valence-corrected chi connectivity index (χ1v) is 10.6. The maximum atomic E-state index is 12.8. The lowest BCUT2D eigenvalue weighted by Crippen LogP contribution is -2.40. The quantitative estimate of drug-likeness (QED) is 0.591. The number of aryl methyl sites for hydroxylation is 1. The Bertz CT molecular complexity index is 1110. The number of benzene rings is 2. The van der Waals surface area contributed by atoms with E-state index in [9.17, 15) is 9.59 Å². The van der Waals surface area contributed by atoms with Gasteiger partial charge < -0.3 is 14.6 Å². The third kappa shape index (κ3) is 5.20. The van der Waals surface area contributed by atoms with Crippen molar-refractivity contribution >= 4 is 17.6 Å². The zero-order valence-electron chi connectivity index (χ0n) is 18.2. The van der Waals surface area contributed by atoms with Gasteiger partial charge in [-0.25, -0.2) is 4.79 Å². The molecule has 1 unspecified atom stereocenters. The van der Waals surface area contributed by atoms with Crippen LogP contribution in [0.25, 0.3) is 11.4 Å². The highest BCUT2D eigenvalue weighted by atomic mass is 16.5. The molecule has 1 N–H and O–H groups in total. The summed E-state index contributed by atoms with van der Waals surface area (Å²) in [5, 5.41) is 7.02. The van der Waals surface area contributed by atoms with Crippen LogP contribution in [-0.4, -0.2) is 47.1 Å². The minimum absolute atomic E-state index is 0.0669. The second-order valence-electron chi connectivity index (χ2n) is 8.02. The second kappa shape index (κ2) is 9.74. The maximum Gasteiger partial charge on any atom is 0.337 e. The van der Waals surface area contributed by atoms with Crippen molar-refractivity contribution in [3.05, 3.63) is 65.5 Å². The van der Waals surface area contributed by atoms with Crippen molar-refractivity contribution < 1.29 is 18.8 Å². The van der Waals surface area contributed by atoms with E-state index in [1.807, 2.05) is 31.2 Å². The summed E-state index contributed by atoms with van der Waals surface area (Å²) in [6, 6.07) is 14.7. The minimum Gasteiger partial charge on any atom is -0.465 e. The molecule has 1 fully saturated rings. The van der Waals surface area contributed by atoms with E-state index >= 15 is 0 Å². The Balaban J connectivity index is 1.36. The standard InChI is InChI=1S/C24H26N4O4/c1-16-6-3-7-17(12-16)22-26-21(32-27-22)15-28-11-5-9-19(14-28)23(29)25-20-10-4-8-18(13-20)24(30)31-2/h3-4,6-8,10,12-13,19H,5,9,11,14-15H2,1-2H3,(H,25,29). The molecule has 0 aliphatic carbocycles.